The first-order valence-corrected chi connectivity index (χ1v) is 5.14. The van der Waals surface area contributed by atoms with E-state index in [0.29, 0.717) is 6.42 Å². The van der Waals surface area contributed by atoms with Crippen LogP contribution in [0.15, 0.2) is 54.6 Å². The van der Waals surface area contributed by atoms with Crippen LogP contribution < -0.4 is 4.74 Å². The molecule has 0 aliphatic rings. The van der Waals surface area contributed by atoms with Crippen molar-refractivity contribution < 1.29 is 9.53 Å². The molecule has 2 nitrogen and oxygen atoms in total. The number of rotatable bonds is 4. The lowest BCUT2D eigenvalue weighted by molar-refractivity contribution is -0.107. The highest BCUT2D eigenvalue weighted by Gasteiger charge is 2.02. The number of benzene rings is 2. The van der Waals surface area contributed by atoms with Crippen molar-refractivity contribution in [3.8, 4) is 11.5 Å². The van der Waals surface area contributed by atoms with Crippen LogP contribution in [0, 0.1) is 0 Å². The van der Waals surface area contributed by atoms with Crippen LogP contribution in [0.25, 0.3) is 0 Å². The maximum Gasteiger partial charge on any atom is 0.131 e. The molecule has 0 radical (unpaired) electrons. The molecule has 2 heteroatoms. The van der Waals surface area contributed by atoms with E-state index in [-0.39, 0.29) is 0 Å². The normalized spacial score (nSPS) is 9.75. The van der Waals surface area contributed by atoms with Crippen molar-refractivity contribution in [2.24, 2.45) is 0 Å². The molecule has 0 N–H and O–H groups in total. The molecule has 0 bridgehead atoms. The summed E-state index contributed by atoms with van der Waals surface area (Å²) in [5.74, 6) is 1.52. The van der Waals surface area contributed by atoms with Crippen molar-refractivity contribution in [3.05, 3.63) is 60.2 Å². The standard InChI is InChI=1S/C14H12O2/c15-11-10-12-6-4-5-9-14(12)16-13-7-2-1-3-8-13/h1-9,11H,10H2. The van der Waals surface area contributed by atoms with Crippen LogP contribution >= 0.6 is 0 Å². The minimum Gasteiger partial charge on any atom is -0.457 e. The van der Waals surface area contributed by atoms with Crippen LogP contribution in [0.4, 0.5) is 0 Å². The fourth-order valence-corrected chi connectivity index (χ4v) is 1.48. The second kappa shape index (κ2) is 5.12. The van der Waals surface area contributed by atoms with E-state index >= 15 is 0 Å². The van der Waals surface area contributed by atoms with Crippen molar-refractivity contribution in [3.63, 3.8) is 0 Å². The highest BCUT2D eigenvalue weighted by molar-refractivity contribution is 5.57. The molecule has 80 valence electrons. The van der Waals surface area contributed by atoms with Gasteiger partial charge in [-0.2, -0.15) is 0 Å². The Morgan fingerprint density at radius 2 is 1.62 bits per heavy atom. The van der Waals surface area contributed by atoms with E-state index in [1.54, 1.807) is 0 Å². The molecule has 0 spiro atoms. The predicted octanol–water partition coefficient (Wildman–Crippen LogP) is 3.22. The third-order valence-corrected chi connectivity index (χ3v) is 2.25. The maximum absolute atomic E-state index is 10.5. The fourth-order valence-electron chi connectivity index (χ4n) is 1.48. The Hall–Kier alpha value is -2.09. The lowest BCUT2D eigenvalue weighted by atomic mass is 10.1. The van der Waals surface area contributed by atoms with Gasteiger partial charge in [-0.05, 0) is 18.2 Å². The highest BCUT2D eigenvalue weighted by atomic mass is 16.5. The highest BCUT2D eigenvalue weighted by Crippen LogP contribution is 2.24. The second-order valence-corrected chi connectivity index (χ2v) is 3.39. The Bertz CT molecular complexity index is 463. The molecule has 0 atom stereocenters. The zero-order chi connectivity index (χ0) is 11.2. The summed E-state index contributed by atoms with van der Waals surface area (Å²) >= 11 is 0. The summed E-state index contributed by atoms with van der Waals surface area (Å²) < 4.78 is 5.70. The summed E-state index contributed by atoms with van der Waals surface area (Å²) in [4.78, 5) is 10.5. The van der Waals surface area contributed by atoms with Crippen LogP contribution in [0.1, 0.15) is 5.56 Å². The summed E-state index contributed by atoms with van der Waals surface area (Å²) in [6, 6.07) is 17.1. The number of hydrogen-bond donors (Lipinski definition) is 0. The average Bonchev–Trinajstić information content (AvgIpc) is 2.33. The van der Waals surface area contributed by atoms with Crippen molar-refractivity contribution in [1.82, 2.24) is 0 Å². The molecule has 2 aromatic carbocycles. The minimum absolute atomic E-state index is 0.378. The Balaban J connectivity index is 2.24. The third kappa shape index (κ3) is 2.48. The Morgan fingerprint density at radius 3 is 2.38 bits per heavy atom. The second-order valence-electron chi connectivity index (χ2n) is 3.39. The van der Waals surface area contributed by atoms with Gasteiger partial charge in [-0.1, -0.05) is 36.4 Å². The topological polar surface area (TPSA) is 26.3 Å². The summed E-state index contributed by atoms with van der Waals surface area (Å²) in [5.41, 5.74) is 0.904. The summed E-state index contributed by atoms with van der Waals surface area (Å²) in [6.45, 7) is 0. The molecule has 0 aliphatic carbocycles. The first-order chi connectivity index (χ1) is 7.90. The van der Waals surface area contributed by atoms with E-state index in [1.807, 2.05) is 54.6 Å². The molecule has 0 saturated carbocycles. The summed E-state index contributed by atoms with van der Waals surface area (Å²) in [6.07, 6.45) is 1.26. The van der Waals surface area contributed by atoms with Gasteiger partial charge in [0.1, 0.15) is 17.8 Å². The fraction of sp³-hybridized carbons (Fsp3) is 0.0714. The molecular weight excluding hydrogens is 200 g/mol. The van der Waals surface area contributed by atoms with Gasteiger partial charge in [-0.15, -0.1) is 0 Å². The lowest BCUT2D eigenvalue weighted by Gasteiger charge is -2.08. The van der Waals surface area contributed by atoms with Crippen LogP contribution in [0.5, 0.6) is 11.5 Å². The smallest absolute Gasteiger partial charge is 0.131 e. The molecule has 0 heterocycles. The Morgan fingerprint density at radius 1 is 0.938 bits per heavy atom. The quantitative estimate of drug-likeness (QED) is 0.727. The van der Waals surface area contributed by atoms with Gasteiger partial charge in [0.2, 0.25) is 0 Å². The first kappa shape index (κ1) is 10.4. The average molecular weight is 212 g/mol. The molecule has 16 heavy (non-hydrogen) atoms. The summed E-state index contributed by atoms with van der Waals surface area (Å²) in [5, 5.41) is 0. The summed E-state index contributed by atoms with van der Waals surface area (Å²) in [7, 11) is 0. The molecule has 0 unspecified atom stereocenters. The van der Waals surface area contributed by atoms with Crippen LogP contribution in [-0.2, 0) is 11.2 Å². The van der Waals surface area contributed by atoms with Gasteiger partial charge in [-0.3, -0.25) is 0 Å². The van der Waals surface area contributed by atoms with Crippen LogP contribution in [0.2, 0.25) is 0 Å². The molecule has 2 rings (SSSR count). The number of carbonyl (C=O) groups excluding carboxylic acids is 1. The van der Waals surface area contributed by atoms with E-state index in [0.717, 1.165) is 23.3 Å². The molecular formula is C14H12O2. The van der Waals surface area contributed by atoms with Crippen molar-refractivity contribution >= 4 is 6.29 Å². The van der Waals surface area contributed by atoms with E-state index in [1.165, 1.54) is 0 Å². The number of para-hydroxylation sites is 2. The number of aldehydes is 1. The Kier molecular flexibility index (Phi) is 3.34. The molecule has 0 aromatic heterocycles. The predicted molar refractivity (Wildman–Crippen MR) is 62.7 cm³/mol. The third-order valence-electron chi connectivity index (χ3n) is 2.25. The monoisotopic (exact) mass is 212 g/mol. The minimum atomic E-state index is 0.378. The van der Waals surface area contributed by atoms with E-state index in [2.05, 4.69) is 0 Å². The molecule has 0 fully saturated rings. The van der Waals surface area contributed by atoms with Crippen LogP contribution in [0.3, 0.4) is 0 Å². The molecule has 2 aromatic rings. The van der Waals surface area contributed by atoms with Gasteiger partial charge in [-0.25, -0.2) is 0 Å². The first-order valence-electron chi connectivity index (χ1n) is 5.14. The molecule has 0 aliphatic heterocycles. The SMILES string of the molecule is O=CCc1ccccc1Oc1ccccc1. The van der Waals surface area contributed by atoms with E-state index < -0.39 is 0 Å². The maximum atomic E-state index is 10.5. The van der Waals surface area contributed by atoms with E-state index in [4.69, 9.17) is 4.74 Å². The van der Waals surface area contributed by atoms with Gasteiger partial charge in [0, 0.05) is 12.0 Å². The number of hydrogen-bond acceptors (Lipinski definition) is 2. The van der Waals surface area contributed by atoms with E-state index in [9.17, 15) is 4.79 Å². The zero-order valence-corrected chi connectivity index (χ0v) is 8.80. The van der Waals surface area contributed by atoms with Gasteiger partial charge in [0.15, 0.2) is 0 Å². The number of ether oxygens (including phenoxy) is 1. The van der Waals surface area contributed by atoms with Gasteiger partial charge < -0.3 is 9.53 Å². The van der Waals surface area contributed by atoms with Gasteiger partial charge >= 0.3 is 0 Å². The van der Waals surface area contributed by atoms with Crippen molar-refractivity contribution in [2.75, 3.05) is 0 Å². The van der Waals surface area contributed by atoms with Gasteiger partial charge in [0.25, 0.3) is 0 Å². The zero-order valence-electron chi connectivity index (χ0n) is 8.80. The molecule has 0 saturated heterocycles. The number of carbonyl (C=O) groups is 1. The van der Waals surface area contributed by atoms with Gasteiger partial charge in [0.05, 0.1) is 0 Å². The Labute approximate surface area is 94.5 Å². The largest absolute Gasteiger partial charge is 0.457 e. The lowest BCUT2D eigenvalue weighted by Crippen LogP contribution is -1.92. The van der Waals surface area contributed by atoms with Crippen molar-refractivity contribution in [2.45, 2.75) is 6.42 Å². The molecule has 0 amide bonds. The van der Waals surface area contributed by atoms with Crippen LogP contribution in [-0.4, -0.2) is 6.29 Å². The van der Waals surface area contributed by atoms with Crippen molar-refractivity contribution in [1.29, 1.82) is 0 Å².